The summed E-state index contributed by atoms with van der Waals surface area (Å²) in [5.74, 6) is -0.0951. The van der Waals surface area contributed by atoms with E-state index in [1.165, 1.54) is 0 Å². The van der Waals surface area contributed by atoms with E-state index >= 15 is 0 Å². The Morgan fingerprint density at radius 2 is 1.76 bits per heavy atom. The number of aromatic nitrogens is 5. The average molecular weight is 691 g/mol. The first-order valence-electron chi connectivity index (χ1n) is 17.9. The van der Waals surface area contributed by atoms with Crippen LogP contribution in [0.25, 0.3) is 11.5 Å². The van der Waals surface area contributed by atoms with Crippen LogP contribution in [0.2, 0.25) is 0 Å². The highest BCUT2D eigenvalue weighted by Gasteiger charge is 2.32. The van der Waals surface area contributed by atoms with Crippen molar-refractivity contribution in [1.82, 2.24) is 33.9 Å². The quantitative estimate of drug-likeness (QED) is 0.159. The van der Waals surface area contributed by atoms with Crippen LogP contribution in [0.4, 0.5) is 5.69 Å². The molecular weight excluding hydrogens is 644 g/mol. The van der Waals surface area contributed by atoms with Crippen LogP contribution >= 0.6 is 0 Å². The SMILES string of the molecule is CCCCN(CCCC)C(=O)c1cc(C)n(-c2ccc(NC(=O)CCc3cn4cccnc4n3)cc2C(=O)N2Cc3ccccc3C[C@H]2CO)n1. The predicted octanol–water partition coefficient (Wildman–Crippen LogP) is 5.40. The summed E-state index contributed by atoms with van der Waals surface area (Å²) in [4.78, 5) is 53.7. The lowest BCUT2D eigenvalue weighted by Crippen LogP contribution is -2.46. The Morgan fingerprint density at radius 1 is 1.00 bits per heavy atom. The van der Waals surface area contributed by atoms with Gasteiger partial charge < -0.3 is 20.2 Å². The van der Waals surface area contributed by atoms with E-state index in [-0.39, 0.29) is 30.7 Å². The molecule has 266 valence electrons. The number of fused-ring (bicyclic) bond motifs is 2. The van der Waals surface area contributed by atoms with Crippen LogP contribution in [0.15, 0.2) is 73.2 Å². The lowest BCUT2D eigenvalue weighted by molar-refractivity contribution is -0.116. The number of carbonyl (C=O) groups excluding carboxylic acids is 3. The smallest absolute Gasteiger partial charge is 0.274 e. The van der Waals surface area contributed by atoms with E-state index in [9.17, 15) is 19.5 Å². The van der Waals surface area contributed by atoms with Gasteiger partial charge in [-0.3, -0.25) is 18.8 Å². The molecule has 0 aliphatic carbocycles. The molecular formula is C39H46N8O4. The zero-order valence-corrected chi connectivity index (χ0v) is 29.6. The number of aryl methyl sites for hydroxylation is 2. The molecule has 0 radical (unpaired) electrons. The molecule has 2 N–H and O–H groups in total. The number of amides is 3. The monoisotopic (exact) mass is 690 g/mol. The molecule has 0 saturated carbocycles. The van der Waals surface area contributed by atoms with Gasteiger partial charge in [-0.25, -0.2) is 14.6 Å². The van der Waals surface area contributed by atoms with Crippen molar-refractivity contribution in [2.45, 2.75) is 78.3 Å². The Morgan fingerprint density at radius 3 is 2.49 bits per heavy atom. The molecule has 4 heterocycles. The van der Waals surface area contributed by atoms with Crippen molar-refractivity contribution < 1.29 is 19.5 Å². The number of nitrogens with one attached hydrogen (secondary N) is 1. The van der Waals surface area contributed by atoms with Crippen molar-refractivity contribution in [3.05, 3.63) is 107 Å². The van der Waals surface area contributed by atoms with Crippen LogP contribution in [-0.2, 0) is 24.2 Å². The highest BCUT2D eigenvalue weighted by Crippen LogP contribution is 2.29. The molecule has 3 aromatic heterocycles. The minimum absolute atomic E-state index is 0.134. The number of nitrogens with zero attached hydrogens (tertiary/aromatic N) is 7. The van der Waals surface area contributed by atoms with E-state index in [4.69, 9.17) is 5.10 Å². The maximum atomic E-state index is 14.6. The summed E-state index contributed by atoms with van der Waals surface area (Å²) in [5, 5.41) is 18.1. The summed E-state index contributed by atoms with van der Waals surface area (Å²) in [6.45, 7) is 7.52. The molecule has 1 atom stereocenters. The van der Waals surface area contributed by atoms with Crippen LogP contribution < -0.4 is 5.32 Å². The van der Waals surface area contributed by atoms with Crippen LogP contribution in [0.3, 0.4) is 0 Å². The summed E-state index contributed by atoms with van der Waals surface area (Å²) in [5.41, 5.74) is 5.12. The molecule has 0 spiro atoms. The summed E-state index contributed by atoms with van der Waals surface area (Å²) in [7, 11) is 0. The maximum Gasteiger partial charge on any atom is 0.274 e. The number of anilines is 1. The van der Waals surface area contributed by atoms with Gasteiger partial charge in [0, 0.05) is 62.4 Å². The van der Waals surface area contributed by atoms with Crippen LogP contribution in [0.5, 0.6) is 0 Å². The largest absolute Gasteiger partial charge is 0.394 e. The van der Waals surface area contributed by atoms with E-state index in [1.807, 2.05) is 58.9 Å². The third-order valence-electron chi connectivity index (χ3n) is 9.42. The minimum atomic E-state index is -0.431. The van der Waals surface area contributed by atoms with Gasteiger partial charge in [-0.15, -0.1) is 0 Å². The molecule has 12 nitrogen and oxygen atoms in total. The zero-order chi connectivity index (χ0) is 35.9. The van der Waals surface area contributed by atoms with Crippen molar-refractivity contribution in [3.63, 3.8) is 0 Å². The molecule has 1 aliphatic heterocycles. The van der Waals surface area contributed by atoms with Crippen LogP contribution in [0, 0.1) is 6.92 Å². The second kappa shape index (κ2) is 16.1. The van der Waals surface area contributed by atoms with Gasteiger partial charge >= 0.3 is 0 Å². The third kappa shape index (κ3) is 8.01. The normalized spacial score (nSPS) is 14.0. The van der Waals surface area contributed by atoms with Crippen LogP contribution in [0.1, 0.15) is 89.3 Å². The second-order valence-electron chi connectivity index (χ2n) is 13.2. The van der Waals surface area contributed by atoms with Crippen LogP contribution in [-0.4, -0.2) is 82.5 Å². The molecule has 1 aliphatic rings. The number of benzene rings is 2. The standard InChI is InChI=1S/C39H46N8O4/c1-4-6-18-44(19-7-5-2)38(51)34-21-27(3)47(43-34)35-15-13-30(41-36(49)16-14-31-25-45-20-10-17-40-39(45)42-31)23-33(35)37(50)46-24-29-12-9-8-11-28(29)22-32(46)26-48/h8-13,15,17,20-21,23,25,32,48H,4-7,14,16,18-19,22,24,26H2,1-3H3,(H,41,49)/t32-/m0/s1. The van der Waals surface area contributed by atoms with Crippen molar-refractivity contribution in [1.29, 1.82) is 0 Å². The summed E-state index contributed by atoms with van der Waals surface area (Å²) in [6.07, 6.45) is 10.3. The van der Waals surface area contributed by atoms with E-state index < -0.39 is 6.04 Å². The Hall–Kier alpha value is -5.36. The van der Waals surface area contributed by atoms with Crippen molar-refractivity contribution >= 4 is 29.2 Å². The molecule has 5 aromatic rings. The molecule has 51 heavy (non-hydrogen) atoms. The van der Waals surface area contributed by atoms with E-state index in [1.54, 1.807) is 40.0 Å². The van der Waals surface area contributed by atoms with Gasteiger partial charge in [-0.2, -0.15) is 5.10 Å². The fourth-order valence-corrected chi connectivity index (χ4v) is 6.58. The molecule has 0 saturated heterocycles. The number of unbranched alkanes of at least 4 members (excludes halogenated alkanes) is 2. The number of rotatable bonds is 14. The highest BCUT2D eigenvalue weighted by atomic mass is 16.3. The van der Waals surface area contributed by atoms with E-state index in [0.717, 1.165) is 42.5 Å². The summed E-state index contributed by atoms with van der Waals surface area (Å²) in [6, 6.07) is 16.2. The molecule has 12 heteroatoms. The number of imidazole rings is 1. The number of carbonyl (C=O) groups is 3. The van der Waals surface area contributed by atoms with E-state index in [0.29, 0.717) is 66.6 Å². The third-order valence-corrected chi connectivity index (χ3v) is 9.42. The van der Waals surface area contributed by atoms with Crippen molar-refractivity contribution in [2.75, 3.05) is 25.0 Å². The molecule has 0 fully saturated rings. The summed E-state index contributed by atoms with van der Waals surface area (Å²) >= 11 is 0. The first-order valence-corrected chi connectivity index (χ1v) is 17.9. The number of aliphatic hydroxyl groups excluding tert-OH is 1. The Balaban J connectivity index is 1.31. The fraction of sp³-hybridized carbons (Fsp3) is 0.385. The number of aliphatic hydroxyl groups is 1. The Labute approximate surface area is 298 Å². The lowest BCUT2D eigenvalue weighted by Gasteiger charge is -2.36. The molecule has 0 unspecified atom stereocenters. The average Bonchev–Trinajstić information content (AvgIpc) is 3.76. The number of hydrogen-bond donors (Lipinski definition) is 2. The lowest BCUT2D eigenvalue weighted by atomic mass is 9.93. The van der Waals surface area contributed by atoms with Gasteiger partial charge in [0.25, 0.3) is 11.8 Å². The summed E-state index contributed by atoms with van der Waals surface area (Å²) < 4.78 is 3.44. The second-order valence-corrected chi connectivity index (χ2v) is 13.2. The highest BCUT2D eigenvalue weighted by molar-refractivity contribution is 6.01. The van der Waals surface area contributed by atoms with Gasteiger partial charge in [-0.05, 0) is 67.6 Å². The van der Waals surface area contributed by atoms with Gasteiger partial charge in [0.2, 0.25) is 11.7 Å². The van der Waals surface area contributed by atoms with Gasteiger partial charge in [0.15, 0.2) is 5.69 Å². The minimum Gasteiger partial charge on any atom is -0.394 e. The van der Waals surface area contributed by atoms with Crippen molar-refractivity contribution in [2.24, 2.45) is 0 Å². The maximum absolute atomic E-state index is 14.6. The fourth-order valence-electron chi connectivity index (χ4n) is 6.58. The molecule has 3 amide bonds. The molecule has 2 aromatic carbocycles. The predicted molar refractivity (Wildman–Crippen MR) is 195 cm³/mol. The Bertz CT molecular complexity index is 1980. The van der Waals surface area contributed by atoms with Gasteiger partial charge in [0.1, 0.15) is 0 Å². The topological polar surface area (TPSA) is 138 Å². The van der Waals surface area contributed by atoms with Gasteiger partial charge in [-0.1, -0.05) is 51.0 Å². The van der Waals surface area contributed by atoms with Crippen molar-refractivity contribution in [3.8, 4) is 5.69 Å². The zero-order valence-electron chi connectivity index (χ0n) is 29.6. The van der Waals surface area contributed by atoms with E-state index in [2.05, 4.69) is 29.1 Å². The Kier molecular flexibility index (Phi) is 11.2. The number of hydrogen-bond acceptors (Lipinski definition) is 7. The molecule has 6 rings (SSSR count). The van der Waals surface area contributed by atoms with Gasteiger partial charge in [0.05, 0.1) is 29.6 Å². The first kappa shape index (κ1) is 35.5. The first-order chi connectivity index (χ1) is 24.8. The molecule has 0 bridgehead atoms.